The van der Waals surface area contributed by atoms with Gasteiger partial charge in [-0.1, -0.05) is 12.2 Å². The minimum absolute atomic E-state index is 0.0399. The number of benzene rings is 1. The maximum absolute atomic E-state index is 10.1. The van der Waals surface area contributed by atoms with E-state index in [0.717, 1.165) is 28.2 Å². The van der Waals surface area contributed by atoms with E-state index in [4.69, 9.17) is 14.5 Å². The summed E-state index contributed by atoms with van der Waals surface area (Å²) in [6.07, 6.45) is 7.46. The fraction of sp³-hybridized carbons (Fsp3) is 0.381. The maximum atomic E-state index is 10.1. The van der Waals surface area contributed by atoms with Crippen LogP contribution < -0.4 is 9.47 Å². The van der Waals surface area contributed by atoms with Gasteiger partial charge in [-0.05, 0) is 38.0 Å². The average Bonchev–Trinajstić information content (AvgIpc) is 2.68. The standard InChI is InChI=1S/C21H23N3O3/c1-4-27-20-8-14-15-7-13(25)5-6-17(15)24-21(16(14)9-19(20)26-3)18-11-22-12(2)10-23-18/h5-6,8-11,13,15,17,25H,4,7H2,1-3H3/t13-,15+,17+/m0/s1. The second-order valence-corrected chi connectivity index (χ2v) is 6.83. The van der Waals surface area contributed by atoms with Crippen LogP contribution in [0.5, 0.6) is 11.5 Å². The van der Waals surface area contributed by atoms with Crippen molar-refractivity contribution in [3.05, 3.63) is 59.2 Å². The van der Waals surface area contributed by atoms with Crippen molar-refractivity contribution >= 4 is 5.71 Å². The van der Waals surface area contributed by atoms with Crippen molar-refractivity contribution in [3.8, 4) is 11.5 Å². The molecule has 6 nitrogen and oxygen atoms in total. The second kappa shape index (κ2) is 7.12. The number of rotatable bonds is 4. The zero-order chi connectivity index (χ0) is 19.0. The van der Waals surface area contributed by atoms with Gasteiger partial charge in [0.1, 0.15) is 5.69 Å². The number of aliphatic hydroxyl groups is 1. The van der Waals surface area contributed by atoms with E-state index in [1.165, 1.54) is 0 Å². The van der Waals surface area contributed by atoms with E-state index in [1.54, 1.807) is 19.5 Å². The molecule has 1 aliphatic carbocycles. The van der Waals surface area contributed by atoms with E-state index in [9.17, 15) is 5.11 Å². The maximum Gasteiger partial charge on any atom is 0.161 e. The Hall–Kier alpha value is -2.73. The van der Waals surface area contributed by atoms with Crippen LogP contribution in [0.2, 0.25) is 0 Å². The topological polar surface area (TPSA) is 76.8 Å². The molecular formula is C21H23N3O3. The van der Waals surface area contributed by atoms with Crippen LogP contribution in [0.4, 0.5) is 0 Å². The summed E-state index contributed by atoms with van der Waals surface area (Å²) in [5.74, 6) is 1.46. The Labute approximate surface area is 158 Å². The van der Waals surface area contributed by atoms with Gasteiger partial charge in [0.05, 0.1) is 43.5 Å². The summed E-state index contributed by atoms with van der Waals surface area (Å²) in [6, 6.07) is 3.95. The lowest BCUT2D eigenvalue weighted by atomic mass is 9.77. The van der Waals surface area contributed by atoms with E-state index in [2.05, 4.69) is 9.97 Å². The van der Waals surface area contributed by atoms with Crippen LogP contribution in [0.15, 0.2) is 41.7 Å². The summed E-state index contributed by atoms with van der Waals surface area (Å²) < 4.78 is 11.3. The first kappa shape index (κ1) is 17.7. The van der Waals surface area contributed by atoms with Gasteiger partial charge in [0.2, 0.25) is 0 Å². The van der Waals surface area contributed by atoms with Crippen molar-refractivity contribution in [3.63, 3.8) is 0 Å². The van der Waals surface area contributed by atoms with Crippen LogP contribution in [0.25, 0.3) is 0 Å². The quantitative estimate of drug-likeness (QED) is 0.843. The molecule has 0 fully saturated rings. The minimum Gasteiger partial charge on any atom is -0.493 e. The third-order valence-electron chi connectivity index (χ3n) is 5.03. The Morgan fingerprint density at radius 3 is 2.70 bits per heavy atom. The highest BCUT2D eigenvalue weighted by Gasteiger charge is 2.35. The Bertz CT molecular complexity index is 906. The molecule has 2 aliphatic rings. The Morgan fingerprint density at radius 2 is 2.00 bits per heavy atom. The molecule has 27 heavy (non-hydrogen) atoms. The molecule has 1 aromatic heterocycles. The van der Waals surface area contributed by atoms with Gasteiger partial charge in [-0.3, -0.25) is 15.0 Å². The fourth-order valence-corrected chi connectivity index (χ4v) is 3.75. The number of hydrogen-bond acceptors (Lipinski definition) is 6. The third kappa shape index (κ3) is 3.21. The van der Waals surface area contributed by atoms with Gasteiger partial charge in [-0.15, -0.1) is 0 Å². The summed E-state index contributed by atoms with van der Waals surface area (Å²) in [7, 11) is 1.63. The first-order valence-electron chi connectivity index (χ1n) is 9.19. The molecule has 1 aromatic carbocycles. The second-order valence-electron chi connectivity index (χ2n) is 6.83. The first-order chi connectivity index (χ1) is 13.1. The molecule has 6 heteroatoms. The lowest BCUT2D eigenvalue weighted by molar-refractivity contribution is 0.190. The number of methoxy groups -OCH3 is 1. The van der Waals surface area contributed by atoms with Crippen molar-refractivity contribution in [2.24, 2.45) is 4.99 Å². The average molecular weight is 365 g/mol. The third-order valence-corrected chi connectivity index (χ3v) is 5.03. The molecular weight excluding hydrogens is 342 g/mol. The van der Waals surface area contributed by atoms with Crippen molar-refractivity contribution in [1.29, 1.82) is 0 Å². The fourth-order valence-electron chi connectivity index (χ4n) is 3.75. The monoisotopic (exact) mass is 365 g/mol. The summed E-state index contributed by atoms with van der Waals surface area (Å²) in [5.41, 5.74) is 4.43. The zero-order valence-corrected chi connectivity index (χ0v) is 15.7. The van der Waals surface area contributed by atoms with Crippen LogP contribution in [0.3, 0.4) is 0 Å². The Kier molecular flexibility index (Phi) is 4.66. The molecule has 0 spiro atoms. The number of aromatic nitrogens is 2. The van der Waals surface area contributed by atoms with Crippen LogP contribution in [-0.4, -0.2) is 46.6 Å². The lowest BCUT2D eigenvalue weighted by Crippen LogP contribution is -2.31. The van der Waals surface area contributed by atoms with E-state index < -0.39 is 6.10 Å². The van der Waals surface area contributed by atoms with Crippen LogP contribution in [-0.2, 0) is 0 Å². The summed E-state index contributed by atoms with van der Waals surface area (Å²) >= 11 is 0. The van der Waals surface area contributed by atoms with Crippen LogP contribution in [0, 0.1) is 6.92 Å². The highest BCUT2D eigenvalue weighted by Crippen LogP contribution is 2.43. The van der Waals surface area contributed by atoms with E-state index in [1.807, 2.05) is 38.1 Å². The minimum atomic E-state index is -0.465. The number of ether oxygens (including phenoxy) is 2. The van der Waals surface area contributed by atoms with Crippen molar-refractivity contribution < 1.29 is 14.6 Å². The first-order valence-corrected chi connectivity index (χ1v) is 9.19. The number of aryl methyl sites for hydroxylation is 1. The van der Waals surface area contributed by atoms with Gasteiger partial charge in [0.25, 0.3) is 0 Å². The van der Waals surface area contributed by atoms with Gasteiger partial charge in [-0.2, -0.15) is 0 Å². The van der Waals surface area contributed by atoms with Crippen LogP contribution >= 0.6 is 0 Å². The van der Waals surface area contributed by atoms with Gasteiger partial charge in [0.15, 0.2) is 11.5 Å². The molecule has 1 N–H and O–H groups in total. The predicted molar refractivity (Wildman–Crippen MR) is 103 cm³/mol. The predicted octanol–water partition coefficient (Wildman–Crippen LogP) is 2.82. The molecule has 0 saturated carbocycles. The van der Waals surface area contributed by atoms with E-state index in [0.29, 0.717) is 24.5 Å². The van der Waals surface area contributed by atoms with Crippen LogP contribution in [0.1, 0.15) is 41.8 Å². The smallest absolute Gasteiger partial charge is 0.161 e. The van der Waals surface area contributed by atoms with Gasteiger partial charge >= 0.3 is 0 Å². The number of nitrogens with zero attached hydrogens (tertiary/aromatic N) is 3. The molecule has 0 unspecified atom stereocenters. The zero-order valence-electron chi connectivity index (χ0n) is 15.7. The SMILES string of the molecule is CCOc1cc2c(cc1OC)C(c1cnc(C)cn1)=N[C@@H]1C=C[C@H](O)C[C@H]21. The molecule has 4 rings (SSSR count). The summed E-state index contributed by atoms with van der Waals surface area (Å²) in [4.78, 5) is 13.9. The van der Waals surface area contributed by atoms with E-state index in [-0.39, 0.29) is 12.0 Å². The Balaban J connectivity index is 1.91. The highest BCUT2D eigenvalue weighted by molar-refractivity contribution is 6.13. The largest absolute Gasteiger partial charge is 0.493 e. The van der Waals surface area contributed by atoms with Crippen molar-refractivity contribution in [2.45, 2.75) is 38.3 Å². The number of aliphatic hydroxyl groups excluding tert-OH is 1. The molecule has 2 heterocycles. The number of fused-ring (bicyclic) bond motifs is 3. The normalized spacial score (nSPS) is 23.3. The molecule has 0 saturated heterocycles. The molecule has 0 bridgehead atoms. The van der Waals surface area contributed by atoms with Crippen molar-refractivity contribution in [1.82, 2.24) is 9.97 Å². The molecule has 3 atom stereocenters. The van der Waals surface area contributed by atoms with Gasteiger partial charge < -0.3 is 14.6 Å². The molecule has 140 valence electrons. The number of aliphatic imine (C=N–C) groups is 1. The lowest BCUT2D eigenvalue weighted by Gasteiger charge is -2.34. The molecule has 0 radical (unpaired) electrons. The number of hydrogen-bond donors (Lipinski definition) is 1. The van der Waals surface area contributed by atoms with Crippen molar-refractivity contribution in [2.75, 3.05) is 13.7 Å². The Morgan fingerprint density at radius 1 is 1.15 bits per heavy atom. The highest BCUT2D eigenvalue weighted by atomic mass is 16.5. The van der Waals surface area contributed by atoms with Gasteiger partial charge in [-0.25, -0.2) is 0 Å². The molecule has 2 aromatic rings. The molecule has 0 amide bonds. The molecule has 1 aliphatic heterocycles. The van der Waals surface area contributed by atoms with E-state index >= 15 is 0 Å². The van der Waals surface area contributed by atoms with Gasteiger partial charge in [0, 0.05) is 17.7 Å². The summed E-state index contributed by atoms with van der Waals surface area (Å²) in [5, 5.41) is 10.1. The summed E-state index contributed by atoms with van der Waals surface area (Å²) in [6.45, 7) is 4.41.